The van der Waals surface area contributed by atoms with Crippen LogP contribution >= 0.6 is 15.9 Å². The van der Waals surface area contributed by atoms with Gasteiger partial charge < -0.3 is 4.74 Å². The number of ether oxygens (including phenoxy) is 1. The molecule has 0 bridgehead atoms. The summed E-state index contributed by atoms with van der Waals surface area (Å²) in [6.45, 7) is 0. The number of rotatable bonds is 5. The molecule has 92 valence electrons. The molecule has 0 aromatic heterocycles. The molecule has 0 atom stereocenters. The normalized spacial score (nSPS) is 10.5. The standard InChI is InChI=1S/C12H15BrN2O2/c1-17-10-6-5-9(4-2-3-7-13)11(8-10)12(16)15-14/h2,4-6,8H,3,7,14H2,1H3,(H,15,16). The van der Waals surface area contributed by atoms with E-state index in [4.69, 9.17) is 10.6 Å². The molecular weight excluding hydrogens is 284 g/mol. The first-order chi connectivity index (χ1) is 8.22. The lowest BCUT2D eigenvalue weighted by Crippen LogP contribution is -2.30. The van der Waals surface area contributed by atoms with Crippen LogP contribution in [0.15, 0.2) is 24.3 Å². The molecule has 0 aliphatic carbocycles. The van der Waals surface area contributed by atoms with Gasteiger partial charge in [0.2, 0.25) is 0 Å². The number of alkyl halides is 1. The summed E-state index contributed by atoms with van der Waals surface area (Å²) >= 11 is 3.34. The molecule has 1 aromatic carbocycles. The average Bonchev–Trinajstić information content (AvgIpc) is 2.38. The highest BCUT2D eigenvalue weighted by Gasteiger charge is 2.09. The number of hydrogen-bond acceptors (Lipinski definition) is 3. The van der Waals surface area contributed by atoms with Gasteiger partial charge >= 0.3 is 0 Å². The monoisotopic (exact) mass is 298 g/mol. The molecule has 0 aliphatic rings. The molecule has 3 N–H and O–H groups in total. The van der Waals surface area contributed by atoms with Crippen LogP contribution in [0.3, 0.4) is 0 Å². The maximum absolute atomic E-state index is 11.6. The molecule has 0 saturated heterocycles. The summed E-state index contributed by atoms with van der Waals surface area (Å²) in [5.41, 5.74) is 3.44. The average molecular weight is 299 g/mol. The van der Waals surface area contributed by atoms with Crippen LogP contribution in [0.4, 0.5) is 0 Å². The van der Waals surface area contributed by atoms with Crippen LogP contribution in [-0.2, 0) is 0 Å². The lowest BCUT2D eigenvalue weighted by Gasteiger charge is -2.07. The highest BCUT2D eigenvalue weighted by molar-refractivity contribution is 9.09. The smallest absolute Gasteiger partial charge is 0.265 e. The number of hydrazine groups is 1. The first-order valence-electron chi connectivity index (χ1n) is 5.14. The van der Waals surface area contributed by atoms with Crippen LogP contribution in [0.2, 0.25) is 0 Å². The predicted octanol–water partition coefficient (Wildman–Crippen LogP) is 2.10. The molecule has 0 fully saturated rings. The molecular formula is C12H15BrN2O2. The fourth-order valence-electron chi connectivity index (χ4n) is 1.36. The minimum atomic E-state index is -0.331. The second-order valence-corrected chi connectivity index (χ2v) is 4.10. The fourth-order valence-corrected chi connectivity index (χ4v) is 1.62. The van der Waals surface area contributed by atoms with Crippen molar-refractivity contribution in [2.45, 2.75) is 6.42 Å². The highest BCUT2D eigenvalue weighted by Crippen LogP contribution is 2.19. The predicted molar refractivity (Wildman–Crippen MR) is 72.1 cm³/mol. The van der Waals surface area contributed by atoms with Gasteiger partial charge in [-0.1, -0.05) is 34.1 Å². The molecule has 0 aliphatic heterocycles. The number of carbonyl (C=O) groups excluding carboxylic acids is 1. The maximum atomic E-state index is 11.6. The number of methoxy groups -OCH3 is 1. The van der Waals surface area contributed by atoms with Crippen LogP contribution in [0.5, 0.6) is 5.75 Å². The molecule has 17 heavy (non-hydrogen) atoms. The summed E-state index contributed by atoms with van der Waals surface area (Å²) in [5, 5.41) is 0.887. The third kappa shape index (κ3) is 3.87. The summed E-state index contributed by atoms with van der Waals surface area (Å²) < 4.78 is 5.08. The van der Waals surface area contributed by atoms with Gasteiger partial charge in [0.25, 0.3) is 5.91 Å². The number of nitrogens with one attached hydrogen (secondary N) is 1. The van der Waals surface area contributed by atoms with Crippen LogP contribution in [0.25, 0.3) is 6.08 Å². The number of halogens is 1. The van der Waals surface area contributed by atoms with Gasteiger partial charge in [-0.15, -0.1) is 0 Å². The largest absolute Gasteiger partial charge is 0.497 e. The van der Waals surface area contributed by atoms with Crippen molar-refractivity contribution in [3.8, 4) is 5.75 Å². The molecule has 4 nitrogen and oxygen atoms in total. The van der Waals surface area contributed by atoms with E-state index in [9.17, 15) is 4.79 Å². The summed E-state index contributed by atoms with van der Waals surface area (Å²) in [7, 11) is 1.56. The van der Waals surface area contributed by atoms with Crippen LogP contribution in [-0.4, -0.2) is 18.3 Å². The van der Waals surface area contributed by atoms with Crippen LogP contribution in [0.1, 0.15) is 22.3 Å². The number of nitrogen functional groups attached to an aromatic ring is 1. The summed E-state index contributed by atoms with van der Waals surface area (Å²) in [6, 6.07) is 5.30. The Balaban J connectivity index is 3.06. The highest BCUT2D eigenvalue weighted by atomic mass is 79.9. The zero-order valence-electron chi connectivity index (χ0n) is 9.57. The van der Waals surface area contributed by atoms with Crippen molar-refractivity contribution in [2.24, 2.45) is 5.84 Å². The van der Waals surface area contributed by atoms with Crippen LogP contribution in [0, 0.1) is 0 Å². The molecule has 5 heteroatoms. The zero-order valence-corrected chi connectivity index (χ0v) is 11.2. The van der Waals surface area contributed by atoms with Gasteiger partial charge in [0.15, 0.2) is 0 Å². The van der Waals surface area contributed by atoms with E-state index in [1.54, 1.807) is 19.2 Å². The van der Waals surface area contributed by atoms with Crippen molar-refractivity contribution < 1.29 is 9.53 Å². The topological polar surface area (TPSA) is 64.3 Å². The molecule has 1 aromatic rings. The Morgan fingerprint density at radius 3 is 2.94 bits per heavy atom. The van der Waals surface area contributed by atoms with Crippen molar-refractivity contribution in [1.29, 1.82) is 0 Å². The third-order valence-corrected chi connectivity index (χ3v) is 2.67. The van der Waals surface area contributed by atoms with Crippen molar-refractivity contribution in [2.75, 3.05) is 12.4 Å². The van der Waals surface area contributed by atoms with E-state index in [0.717, 1.165) is 17.3 Å². The van der Waals surface area contributed by atoms with Gasteiger partial charge in [0, 0.05) is 5.33 Å². The zero-order chi connectivity index (χ0) is 12.7. The summed E-state index contributed by atoms with van der Waals surface area (Å²) in [5.74, 6) is 5.44. The minimum absolute atomic E-state index is 0.331. The number of allylic oxidation sites excluding steroid dienone is 1. The Kier molecular flexibility index (Phi) is 5.72. The van der Waals surface area contributed by atoms with E-state index in [0.29, 0.717) is 11.3 Å². The third-order valence-electron chi connectivity index (χ3n) is 2.21. The Hall–Kier alpha value is -1.33. The Morgan fingerprint density at radius 2 is 2.35 bits per heavy atom. The van der Waals surface area contributed by atoms with E-state index >= 15 is 0 Å². The van der Waals surface area contributed by atoms with Gasteiger partial charge in [-0.2, -0.15) is 0 Å². The van der Waals surface area contributed by atoms with Crippen molar-refractivity contribution in [3.63, 3.8) is 0 Å². The Labute approximate surface area is 109 Å². The number of nitrogens with two attached hydrogens (primary N) is 1. The number of benzene rings is 1. The molecule has 1 rings (SSSR count). The van der Waals surface area contributed by atoms with Crippen molar-refractivity contribution in [3.05, 3.63) is 35.4 Å². The second-order valence-electron chi connectivity index (χ2n) is 3.31. The molecule has 0 radical (unpaired) electrons. The van der Waals surface area contributed by atoms with E-state index < -0.39 is 0 Å². The van der Waals surface area contributed by atoms with Gasteiger partial charge in [0.1, 0.15) is 5.75 Å². The van der Waals surface area contributed by atoms with Crippen LogP contribution < -0.4 is 16.0 Å². The molecule has 0 unspecified atom stereocenters. The second kappa shape index (κ2) is 7.09. The lowest BCUT2D eigenvalue weighted by atomic mass is 10.1. The van der Waals surface area contributed by atoms with Gasteiger partial charge in [-0.25, -0.2) is 5.84 Å². The first-order valence-corrected chi connectivity index (χ1v) is 6.26. The van der Waals surface area contributed by atoms with E-state index in [2.05, 4.69) is 21.4 Å². The molecule has 0 heterocycles. The molecule has 0 spiro atoms. The quantitative estimate of drug-likeness (QED) is 0.379. The first kappa shape index (κ1) is 13.7. The fraction of sp³-hybridized carbons (Fsp3) is 0.250. The summed E-state index contributed by atoms with van der Waals surface area (Å²) in [6.07, 6.45) is 4.78. The van der Waals surface area contributed by atoms with E-state index in [-0.39, 0.29) is 5.91 Å². The van der Waals surface area contributed by atoms with Gasteiger partial charge in [-0.05, 0) is 24.1 Å². The lowest BCUT2D eigenvalue weighted by molar-refractivity contribution is 0.0953. The summed E-state index contributed by atoms with van der Waals surface area (Å²) in [4.78, 5) is 11.6. The maximum Gasteiger partial charge on any atom is 0.265 e. The van der Waals surface area contributed by atoms with E-state index in [1.807, 2.05) is 18.2 Å². The van der Waals surface area contributed by atoms with Crippen molar-refractivity contribution in [1.82, 2.24) is 5.43 Å². The van der Waals surface area contributed by atoms with E-state index in [1.165, 1.54) is 0 Å². The SMILES string of the molecule is COc1ccc(C=CCCBr)c(C(=O)NN)c1. The number of amides is 1. The van der Waals surface area contributed by atoms with Crippen molar-refractivity contribution >= 4 is 27.9 Å². The van der Waals surface area contributed by atoms with Gasteiger partial charge in [0.05, 0.1) is 12.7 Å². The number of hydrogen-bond donors (Lipinski definition) is 2. The molecule has 1 amide bonds. The minimum Gasteiger partial charge on any atom is -0.497 e. The Bertz CT molecular complexity index is 419. The van der Waals surface area contributed by atoms with Gasteiger partial charge in [-0.3, -0.25) is 10.2 Å². The number of carbonyl (C=O) groups is 1. The molecule has 0 saturated carbocycles. The Morgan fingerprint density at radius 1 is 1.59 bits per heavy atom.